The molecule has 1 aromatic rings. The molecule has 4 N–H and O–H groups in total. The summed E-state index contributed by atoms with van der Waals surface area (Å²) in [7, 11) is 0. The summed E-state index contributed by atoms with van der Waals surface area (Å²) in [6.45, 7) is 6.49. The van der Waals surface area contributed by atoms with Crippen LogP contribution in [-0.4, -0.2) is 71.2 Å². The quantitative estimate of drug-likeness (QED) is 0.143. The Morgan fingerprint density at radius 2 is 1.73 bits per heavy atom. The van der Waals surface area contributed by atoms with Crippen molar-refractivity contribution in [3.05, 3.63) is 46.9 Å². The van der Waals surface area contributed by atoms with Gasteiger partial charge in [-0.25, -0.2) is 0 Å². The molecule has 0 aliphatic heterocycles. The zero-order chi connectivity index (χ0) is 29.9. The van der Waals surface area contributed by atoms with E-state index >= 15 is 0 Å². The Morgan fingerprint density at radius 3 is 2.25 bits per heavy atom. The average molecular weight is 577 g/mol. The molecule has 11 nitrogen and oxygen atoms in total. The van der Waals surface area contributed by atoms with E-state index in [0.717, 1.165) is 11.1 Å². The van der Waals surface area contributed by atoms with E-state index in [9.17, 15) is 28.5 Å². The highest BCUT2D eigenvalue weighted by atomic mass is 32.2. The summed E-state index contributed by atoms with van der Waals surface area (Å²) >= 11 is -1.30. The van der Waals surface area contributed by atoms with Gasteiger partial charge < -0.3 is 30.6 Å². The van der Waals surface area contributed by atoms with Crippen LogP contribution in [0.25, 0.3) is 0 Å². The molecule has 0 bridgehead atoms. The van der Waals surface area contributed by atoms with Gasteiger partial charge in [-0.15, -0.1) is 0 Å². The smallest absolute Gasteiger partial charge is 0.308 e. The molecule has 40 heavy (non-hydrogen) atoms. The molecule has 0 radical (unpaired) electrons. The molecule has 0 heterocycles. The molecule has 12 heteroatoms. The van der Waals surface area contributed by atoms with Gasteiger partial charge in [-0.3, -0.25) is 24.0 Å². The molecule has 4 atom stereocenters. The molecular weight excluding hydrogens is 536 g/mol. The Balaban J connectivity index is 2.09. The summed E-state index contributed by atoms with van der Waals surface area (Å²) in [5, 5.41) is 11.8. The van der Waals surface area contributed by atoms with Crippen LogP contribution >= 0.6 is 0 Å². The first-order valence-electron chi connectivity index (χ1n) is 13.2. The zero-order valence-corrected chi connectivity index (χ0v) is 24.5. The van der Waals surface area contributed by atoms with E-state index < -0.39 is 65.1 Å². The van der Waals surface area contributed by atoms with Crippen molar-refractivity contribution in [2.45, 2.75) is 77.1 Å². The summed E-state index contributed by atoms with van der Waals surface area (Å²) < 4.78 is 16.8. The second kappa shape index (κ2) is 15.4. The van der Waals surface area contributed by atoms with Gasteiger partial charge in [0.05, 0.1) is 25.3 Å². The van der Waals surface area contributed by atoms with Crippen molar-refractivity contribution in [2.75, 3.05) is 12.8 Å². The second-order valence-electron chi connectivity index (χ2n) is 10.7. The number of nitrogens with one attached hydrogen (secondary N) is 4. The minimum Gasteiger partial charge on any atom is -0.612 e. The van der Waals surface area contributed by atoms with E-state index in [4.69, 9.17) is 4.74 Å². The van der Waals surface area contributed by atoms with Gasteiger partial charge in [-0.05, 0) is 74.3 Å². The maximum atomic E-state index is 13.3. The number of hydrogen-bond acceptors (Lipinski definition) is 7. The number of rotatable bonds is 14. The lowest BCUT2D eigenvalue weighted by Gasteiger charge is -2.26. The van der Waals surface area contributed by atoms with Gasteiger partial charge in [0.25, 0.3) is 0 Å². The van der Waals surface area contributed by atoms with Crippen molar-refractivity contribution in [3.63, 3.8) is 0 Å². The van der Waals surface area contributed by atoms with Gasteiger partial charge >= 0.3 is 5.97 Å². The number of amides is 4. The fourth-order valence-electron chi connectivity index (χ4n) is 4.41. The van der Waals surface area contributed by atoms with Gasteiger partial charge in [0.15, 0.2) is 0 Å². The first-order chi connectivity index (χ1) is 18.8. The lowest BCUT2D eigenvalue weighted by atomic mass is 9.95. The molecule has 1 aliphatic rings. The third-order valence-electron chi connectivity index (χ3n) is 6.21. The normalized spacial score (nSPS) is 16.2. The topological polar surface area (TPSA) is 166 Å². The minimum atomic E-state index is -1.30. The summed E-state index contributed by atoms with van der Waals surface area (Å²) in [6, 6.07) is 5.23. The first kappa shape index (κ1) is 32.8. The highest BCUT2D eigenvalue weighted by molar-refractivity contribution is 7.93. The van der Waals surface area contributed by atoms with E-state index in [1.165, 1.54) is 17.7 Å². The van der Waals surface area contributed by atoms with Crippen LogP contribution in [-0.2, 0) is 52.7 Å². The lowest BCUT2D eigenvalue weighted by molar-refractivity contribution is -0.155. The van der Waals surface area contributed by atoms with E-state index in [1.807, 2.05) is 24.3 Å². The van der Waals surface area contributed by atoms with Crippen LogP contribution in [0.1, 0.15) is 51.7 Å². The van der Waals surface area contributed by atoms with Crippen molar-refractivity contribution < 1.29 is 33.3 Å². The minimum absolute atomic E-state index is 0.189. The van der Waals surface area contributed by atoms with Crippen molar-refractivity contribution in [3.8, 4) is 0 Å². The highest BCUT2D eigenvalue weighted by Crippen LogP contribution is 2.29. The third kappa shape index (κ3) is 11.0. The van der Waals surface area contributed by atoms with Crippen LogP contribution in [0.3, 0.4) is 0 Å². The SMILES string of the molecule is CC[C@H](NC=O)C(=O)NC(C(=O)NCC(=O)NC(/C=C/[S+](C)[O-])CC(=O)OC(C)(C)C)C1Cc2ccccc2C1. The Morgan fingerprint density at radius 1 is 1.10 bits per heavy atom. The van der Waals surface area contributed by atoms with Crippen molar-refractivity contribution in [2.24, 2.45) is 5.92 Å². The predicted molar refractivity (Wildman–Crippen MR) is 151 cm³/mol. The van der Waals surface area contributed by atoms with Gasteiger partial charge in [0.1, 0.15) is 23.1 Å². The lowest BCUT2D eigenvalue weighted by Crippen LogP contribution is -2.56. The molecule has 0 saturated carbocycles. The Bertz CT molecular complexity index is 1060. The molecule has 3 unspecified atom stereocenters. The van der Waals surface area contributed by atoms with Crippen molar-refractivity contribution >= 4 is 41.3 Å². The maximum absolute atomic E-state index is 13.3. The third-order valence-corrected chi connectivity index (χ3v) is 6.75. The van der Waals surface area contributed by atoms with Gasteiger partial charge in [-0.1, -0.05) is 31.2 Å². The summed E-state index contributed by atoms with van der Waals surface area (Å²) in [4.78, 5) is 62.1. The average Bonchev–Trinajstić information content (AvgIpc) is 3.30. The van der Waals surface area contributed by atoms with E-state index in [0.29, 0.717) is 25.7 Å². The molecule has 4 amide bonds. The number of fused-ring (bicyclic) bond motifs is 1. The number of ether oxygens (including phenoxy) is 1. The van der Waals surface area contributed by atoms with Gasteiger partial charge in [-0.2, -0.15) is 0 Å². The van der Waals surface area contributed by atoms with E-state index in [1.54, 1.807) is 27.7 Å². The molecule has 2 rings (SSSR count). The summed E-state index contributed by atoms with van der Waals surface area (Å²) in [6.07, 6.45) is 4.61. The Hall–Kier alpha value is -3.38. The number of esters is 1. The van der Waals surface area contributed by atoms with Crippen LogP contribution in [0, 0.1) is 5.92 Å². The highest BCUT2D eigenvalue weighted by Gasteiger charge is 2.35. The monoisotopic (exact) mass is 576 g/mol. The molecule has 0 fully saturated rings. The van der Waals surface area contributed by atoms with Crippen molar-refractivity contribution in [1.82, 2.24) is 21.3 Å². The van der Waals surface area contributed by atoms with Gasteiger partial charge in [0.2, 0.25) is 24.1 Å². The summed E-state index contributed by atoms with van der Waals surface area (Å²) in [5.41, 5.74) is 1.45. The fraction of sp³-hybridized carbons (Fsp3) is 0.536. The molecule has 0 aromatic heterocycles. The second-order valence-corrected chi connectivity index (χ2v) is 11.9. The molecule has 1 aliphatic carbocycles. The number of hydrogen-bond donors (Lipinski definition) is 4. The van der Waals surface area contributed by atoms with Crippen molar-refractivity contribution in [1.29, 1.82) is 0 Å². The maximum Gasteiger partial charge on any atom is 0.308 e. The molecule has 0 spiro atoms. The number of benzene rings is 1. The Kier molecular flexibility index (Phi) is 12.7. The fourth-order valence-corrected chi connectivity index (χ4v) is 4.82. The number of carbonyl (C=O) groups is 5. The zero-order valence-electron chi connectivity index (χ0n) is 23.7. The van der Waals surface area contributed by atoms with Crippen LogP contribution in [0.2, 0.25) is 0 Å². The molecule has 0 saturated heterocycles. The largest absolute Gasteiger partial charge is 0.612 e. The Labute approximate surface area is 238 Å². The standard InChI is InChI=1S/C28H40N4O7S/c1-6-22(30-17-33)26(36)32-25(20-13-18-9-7-8-10-19(18)14-20)27(37)29-16-23(34)31-21(11-12-40(5)38)15-24(35)39-28(2,3)4/h7-12,17,20-22,25H,6,13-16H2,1-5H3,(H,29,37)(H,30,33)(H,31,34)(H,32,36)/b12-11+/t21?,22-,25?,40?/m0/s1. The van der Waals surface area contributed by atoms with Crippen LogP contribution < -0.4 is 21.3 Å². The van der Waals surface area contributed by atoms with E-state index in [-0.39, 0.29) is 12.3 Å². The van der Waals surface area contributed by atoms with Crippen LogP contribution in [0.5, 0.6) is 0 Å². The van der Waals surface area contributed by atoms with Crippen LogP contribution in [0.15, 0.2) is 35.7 Å². The molecule has 220 valence electrons. The summed E-state index contributed by atoms with van der Waals surface area (Å²) in [5.74, 6) is -2.42. The first-order valence-corrected chi connectivity index (χ1v) is 14.8. The molecular formula is C28H40N4O7S. The predicted octanol–water partition coefficient (Wildman–Crippen LogP) is 0.636. The molecule has 1 aromatic carbocycles. The van der Waals surface area contributed by atoms with Gasteiger partial charge in [0, 0.05) is 0 Å². The number of carbonyl (C=O) groups excluding carboxylic acids is 5. The van der Waals surface area contributed by atoms with Crippen LogP contribution in [0.4, 0.5) is 0 Å². The van der Waals surface area contributed by atoms with E-state index in [2.05, 4.69) is 21.3 Å².